The normalized spacial score (nSPS) is 11.2. The highest BCUT2D eigenvalue weighted by Gasteiger charge is 2.17. The molecule has 0 spiro atoms. The molecular formula is C17H18BrClN4O3. The second kappa shape index (κ2) is 7.67. The maximum Gasteiger partial charge on any atom is 0.330 e. The van der Waals surface area contributed by atoms with Gasteiger partial charge in [0.1, 0.15) is 18.2 Å². The van der Waals surface area contributed by atoms with E-state index in [-0.39, 0.29) is 6.61 Å². The van der Waals surface area contributed by atoms with Gasteiger partial charge < -0.3 is 9.30 Å². The highest BCUT2D eigenvalue weighted by atomic mass is 79.9. The van der Waals surface area contributed by atoms with Crippen LogP contribution in [0.4, 0.5) is 0 Å². The number of halogens is 2. The molecule has 0 atom stereocenters. The van der Waals surface area contributed by atoms with Crippen molar-refractivity contribution < 1.29 is 4.74 Å². The van der Waals surface area contributed by atoms with E-state index < -0.39 is 11.2 Å². The monoisotopic (exact) mass is 440 g/mol. The van der Waals surface area contributed by atoms with Gasteiger partial charge in [-0.05, 0) is 40.5 Å². The summed E-state index contributed by atoms with van der Waals surface area (Å²) >= 11 is 9.33. The molecule has 2 heterocycles. The summed E-state index contributed by atoms with van der Waals surface area (Å²) in [6, 6.07) is 5.21. The van der Waals surface area contributed by atoms with Crippen molar-refractivity contribution in [3.8, 4) is 5.75 Å². The van der Waals surface area contributed by atoms with E-state index in [4.69, 9.17) is 16.3 Å². The number of aromatic nitrogens is 4. The lowest BCUT2D eigenvalue weighted by atomic mass is 10.3. The van der Waals surface area contributed by atoms with Gasteiger partial charge in [0.05, 0.1) is 4.47 Å². The predicted molar refractivity (Wildman–Crippen MR) is 104 cm³/mol. The van der Waals surface area contributed by atoms with Crippen molar-refractivity contribution in [2.45, 2.75) is 32.9 Å². The number of aryl methyl sites for hydroxylation is 2. The zero-order valence-electron chi connectivity index (χ0n) is 14.4. The van der Waals surface area contributed by atoms with Gasteiger partial charge in [-0.25, -0.2) is 9.78 Å². The van der Waals surface area contributed by atoms with E-state index in [9.17, 15) is 9.59 Å². The van der Waals surface area contributed by atoms with Gasteiger partial charge in [-0.3, -0.25) is 14.3 Å². The van der Waals surface area contributed by atoms with E-state index in [0.717, 1.165) is 17.3 Å². The van der Waals surface area contributed by atoms with Crippen molar-refractivity contribution in [1.82, 2.24) is 19.1 Å². The first-order valence-corrected chi connectivity index (χ1v) is 9.35. The van der Waals surface area contributed by atoms with Crippen molar-refractivity contribution >= 4 is 38.7 Å². The predicted octanol–water partition coefficient (Wildman–Crippen LogP) is 3.22. The second-order valence-electron chi connectivity index (χ2n) is 5.89. The molecule has 9 heteroatoms. The third kappa shape index (κ3) is 3.57. The van der Waals surface area contributed by atoms with Crippen LogP contribution in [0.5, 0.6) is 5.75 Å². The molecule has 0 amide bonds. The molecular weight excluding hydrogens is 424 g/mol. The fourth-order valence-corrected chi connectivity index (χ4v) is 3.48. The van der Waals surface area contributed by atoms with Crippen LogP contribution < -0.4 is 16.0 Å². The lowest BCUT2D eigenvalue weighted by Gasteiger charge is -2.08. The topological polar surface area (TPSA) is 81.9 Å². The Labute approximate surface area is 162 Å². The first-order chi connectivity index (χ1) is 12.4. The van der Waals surface area contributed by atoms with Crippen molar-refractivity contribution in [1.29, 1.82) is 0 Å². The number of nitrogens with one attached hydrogen (secondary N) is 1. The number of fused-ring (bicyclic) bond motifs is 1. The summed E-state index contributed by atoms with van der Waals surface area (Å²) in [6.07, 6.45) is 1.75. The maximum atomic E-state index is 12.2. The van der Waals surface area contributed by atoms with Crippen molar-refractivity contribution in [2.75, 3.05) is 0 Å². The molecule has 0 bridgehead atoms. The minimum Gasteiger partial charge on any atom is -0.484 e. The molecule has 1 N–H and O–H groups in total. The number of rotatable bonds is 6. The molecule has 0 unspecified atom stereocenters. The smallest absolute Gasteiger partial charge is 0.330 e. The Kier molecular flexibility index (Phi) is 5.52. The molecule has 26 heavy (non-hydrogen) atoms. The molecule has 2 aromatic heterocycles. The fourth-order valence-electron chi connectivity index (χ4n) is 2.68. The van der Waals surface area contributed by atoms with Crippen molar-refractivity contribution in [2.24, 2.45) is 7.05 Å². The Balaban J connectivity index is 1.99. The van der Waals surface area contributed by atoms with Crippen LogP contribution in [0.1, 0.15) is 25.6 Å². The number of imidazole rings is 1. The molecule has 1 aromatic carbocycles. The number of benzene rings is 1. The molecule has 0 aliphatic heterocycles. The average Bonchev–Trinajstić information content (AvgIpc) is 2.91. The molecule has 3 rings (SSSR count). The molecule has 0 aliphatic carbocycles. The van der Waals surface area contributed by atoms with Crippen LogP contribution in [0, 0.1) is 0 Å². The molecule has 0 saturated heterocycles. The first kappa shape index (κ1) is 18.7. The van der Waals surface area contributed by atoms with Gasteiger partial charge in [-0.1, -0.05) is 24.9 Å². The Morgan fingerprint density at radius 3 is 2.81 bits per heavy atom. The number of hydrogen-bond donors (Lipinski definition) is 1. The van der Waals surface area contributed by atoms with Gasteiger partial charge in [-0.2, -0.15) is 0 Å². The van der Waals surface area contributed by atoms with E-state index in [1.807, 2.05) is 6.92 Å². The van der Waals surface area contributed by atoms with E-state index in [2.05, 4.69) is 25.9 Å². The number of H-pyrrole nitrogens is 1. The van der Waals surface area contributed by atoms with Gasteiger partial charge in [-0.15, -0.1) is 0 Å². The number of hydrogen-bond acceptors (Lipinski definition) is 4. The van der Waals surface area contributed by atoms with Crippen LogP contribution in [0.15, 0.2) is 32.3 Å². The van der Waals surface area contributed by atoms with Crippen LogP contribution in [-0.2, 0) is 20.2 Å². The van der Waals surface area contributed by atoms with Crippen LogP contribution >= 0.6 is 27.5 Å². The first-order valence-electron chi connectivity index (χ1n) is 8.18. The minimum atomic E-state index is -0.452. The summed E-state index contributed by atoms with van der Waals surface area (Å²) in [4.78, 5) is 31.2. The standard InChI is InChI=1S/C17H18BrClN4O3/c1-3-4-7-23-15-14(16(24)21-17(23)25)22(2)13(20-15)9-26-12-6-5-10(19)8-11(12)18/h5-6,8H,3-4,7,9H2,1-2H3,(H,21,24,25). The Bertz CT molecular complexity index is 1070. The van der Waals surface area contributed by atoms with Gasteiger partial charge in [0, 0.05) is 18.6 Å². The number of aromatic amines is 1. The van der Waals surface area contributed by atoms with Crippen molar-refractivity contribution in [3.63, 3.8) is 0 Å². The average molecular weight is 442 g/mol. The van der Waals surface area contributed by atoms with Crippen LogP contribution in [-0.4, -0.2) is 19.1 Å². The molecule has 0 aliphatic rings. The van der Waals surface area contributed by atoms with Crippen LogP contribution in [0.25, 0.3) is 11.2 Å². The Morgan fingerprint density at radius 1 is 1.35 bits per heavy atom. The highest BCUT2D eigenvalue weighted by Crippen LogP contribution is 2.28. The van der Waals surface area contributed by atoms with Gasteiger partial charge in [0.2, 0.25) is 0 Å². The number of ether oxygens (including phenoxy) is 1. The third-order valence-corrected chi connectivity index (χ3v) is 4.95. The summed E-state index contributed by atoms with van der Waals surface area (Å²) in [6.45, 7) is 2.69. The summed E-state index contributed by atoms with van der Waals surface area (Å²) in [5, 5.41) is 0.596. The molecule has 0 radical (unpaired) electrons. The summed E-state index contributed by atoms with van der Waals surface area (Å²) in [7, 11) is 1.73. The largest absolute Gasteiger partial charge is 0.484 e. The number of nitrogens with zero attached hydrogens (tertiary/aromatic N) is 3. The zero-order valence-corrected chi connectivity index (χ0v) is 16.7. The molecule has 0 fully saturated rings. The third-order valence-electron chi connectivity index (χ3n) is 4.09. The van der Waals surface area contributed by atoms with Gasteiger partial charge in [0.25, 0.3) is 5.56 Å². The molecule has 3 aromatic rings. The highest BCUT2D eigenvalue weighted by molar-refractivity contribution is 9.10. The minimum absolute atomic E-state index is 0.146. The lowest BCUT2D eigenvalue weighted by molar-refractivity contribution is 0.290. The Morgan fingerprint density at radius 2 is 2.12 bits per heavy atom. The fraction of sp³-hybridized carbons (Fsp3) is 0.353. The summed E-state index contributed by atoms with van der Waals surface area (Å²) < 4.78 is 9.67. The van der Waals surface area contributed by atoms with Gasteiger partial charge >= 0.3 is 5.69 Å². The van der Waals surface area contributed by atoms with E-state index >= 15 is 0 Å². The molecule has 138 valence electrons. The molecule has 0 saturated carbocycles. The van der Waals surface area contributed by atoms with Crippen LogP contribution in [0.2, 0.25) is 5.02 Å². The SMILES string of the molecule is CCCCn1c(=O)[nH]c(=O)c2c1nc(COc1ccc(Cl)cc1Br)n2C. The van der Waals surface area contributed by atoms with E-state index in [1.54, 1.807) is 29.8 Å². The quantitative estimate of drug-likeness (QED) is 0.637. The zero-order chi connectivity index (χ0) is 18.8. The number of unbranched alkanes of at least 4 members (excludes halogenated alkanes) is 1. The van der Waals surface area contributed by atoms with E-state index in [0.29, 0.717) is 34.3 Å². The maximum absolute atomic E-state index is 12.2. The second-order valence-corrected chi connectivity index (χ2v) is 7.18. The lowest BCUT2D eigenvalue weighted by Crippen LogP contribution is -2.31. The van der Waals surface area contributed by atoms with E-state index in [1.165, 1.54) is 4.57 Å². The Hall–Kier alpha value is -2.06. The summed E-state index contributed by atoms with van der Waals surface area (Å²) in [5.74, 6) is 1.15. The summed E-state index contributed by atoms with van der Waals surface area (Å²) in [5.41, 5.74) is -0.161. The van der Waals surface area contributed by atoms with Crippen molar-refractivity contribution in [3.05, 3.63) is 54.4 Å². The van der Waals surface area contributed by atoms with Gasteiger partial charge in [0.15, 0.2) is 11.2 Å². The molecule has 7 nitrogen and oxygen atoms in total. The van der Waals surface area contributed by atoms with Crippen LogP contribution in [0.3, 0.4) is 0 Å².